The van der Waals surface area contributed by atoms with Gasteiger partial charge >= 0.3 is 6.18 Å². The molecule has 0 aromatic carbocycles. The molecule has 3 heterocycles. The van der Waals surface area contributed by atoms with E-state index < -0.39 is 18.3 Å². The van der Waals surface area contributed by atoms with Crippen LogP contribution in [0, 0.1) is 0 Å². The van der Waals surface area contributed by atoms with Crippen LogP contribution in [0.15, 0.2) is 42.9 Å². The van der Waals surface area contributed by atoms with E-state index >= 15 is 0 Å². The van der Waals surface area contributed by atoms with Crippen molar-refractivity contribution in [2.45, 2.75) is 12.8 Å². The number of hydrogen-bond donors (Lipinski definition) is 1. The van der Waals surface area contributed by atoms with Gasteiger partial charge in [-0.1, -0.05) is 0 Å². The Balaban J connectivity index is 2.33. The molecule has 4 nitrogen and oxygen atoms in total. The SMILES string of the molecule is OCc1c(-c2cccnc2)nc2c(C(F)(F)F)cccn12. The fourth-order valence-electron chi connectivity index (χ4n) is 2.22. The van der Waals surface area contributed by atoms with Gasteiger partial charge in [0.15, 0.2) is 0 Å². The summed E-state index contributed by atoms with van der Waals surface area (Å²) in [6.45, 7) is -0.424. The van der Waals surface area contributed by atoms with Crippen LogP contribution in [0.5, 0.6) is 0 Å². The van der Waals surface area contributed by atoms with Gasteiger partial charge in [0.2, 0.25) is 0 Å². The lowest BCUT2D eigenvalue weighted by Gasteiger charge is -2.07. The second kappa shape index (κ2) is 4.85. The Labute approximate surface area is 117 Å². The third kappa shape index (κ3) is 2.25. The van der Waals surface area contributed by atoms with Crippen molar-refractivity contribution < 1.29 is 18.3 Å². The topological polar surface area (TPSA) is 50.4 Å². The highest BCUT2D eigenvalue weighted by atomic mass is 19.4. The molecule has 0 aliphatic carbocycles. The van der Waals surface area contributed by atoms with Gasteiger partial charge in [0.05, 0.1) is 23.6 Å². The fourth-order valence-corrected chi connectivity index (χ4v) is 2.22. The number of hydrogen-bond acceptors (Lipinski definition) is 3. The van der Waals surface area contributed by atoms with E-state index in [2.05, 4.69) is 9.97 Å². The standard InChI is InChI=1S/C14H10F3N3O/c15-14(16,17)10-4-2-6-20-11(8-21)12(19-13(10)20)9-3-1-5-18-7-9/h1-7,21H,8H2. The Morgan fingerprint density at radius 3 is 2.62 bits per heavy atom. The Kier molecular flexibility index (Phi) is 3.13. The molecule has 0 bridgehead atoms. The van der Waals surface area contributed by atoms with E-state index in [0.717, 1.165) is 6.07 Å². The largest absolute Gasteiger partial charge is 0.419 e. The molecule has 3 rings (SSSR count). The minimum atomic E-state index is -4.51. The molecule has 0 spiro atoms. The molecular weight excluding hydrogens is 283 g/mol. The Morgan fingerprint density at radius 1 is 1.19 bits per heavy atom. The van der Waals surface area contributed by atoms with Gasteiger partial charge in [0.1, 0.15) is 5.65 Å². The Morgan fingerprint density at radius 2 is 2.00 bits per heavy atom. The van der Waals surface area contributed by atoms with Gasteiger partial charge in [0.25, 0.3) is 0 Å². The first-order valence-corrected chi connectivity index (χ1v) is 6.11. The van der Waals surface area contributed by atoms with E-state index in [1.165, 1.54) is 22.9 Å². The number of halogens is 3. The molecule has 1 N–H and O–H groups in total. The third-order valence-electron chi connectivity index (χ3n) is 3.14. The lowest BCUT2D eigenvalue weighted by molar-refractivity contribution is -0.136. The molecule has 0 saturated carbocycles. The molecule has 21 heavy (non-hydrogen) atoms. The van der Waals surface area contributed by atoms with Crippen molar-refractivity contribution in [1.82, 2.24) is 14.4 Å². The summed E-state index contributed by atoms with van der Waals surface area (Å²) in [5.74, 6) is 0. The van der Waals surface area contributed by atoms with Crippen molar-refractivity contribution in [1.29, 1.82) is 0 Å². The molecule has 3 aromatic heterocycles. The molecule has 3 aromatic rings. The molecule has 0 aliphatic heterocycles. The molecule has 0 radical (unpaired) electrons. The Hall–Kier alpha value is -2.41. The van der Waals surface area contributed by atoms with Crippen molar-refractivity contribution in [2.24, 2.45) is 0 Å². The molecular formula is C14H10F3N3O. The average molecular weight is 293 g/mol. The number of alkyl halides is 3. The first kappa shape index (κ1) is 13.6. The number of aromatic nitrogens is 3. The van der Waals surface area contributed by atoms with E-state index in [1.807, 2.05) is 0 Å². The van der Waals surface area contributed by atoms with Crippen molar-refractivity contribution in [2.75, 3.05) is 0 Å². The first-order chi connectivity index (χ1) is 10.0. The zero-order chi connectivity index (χ0) is 15.0. The molecule has 0 amide bonds. The van der Waals surface area contributed by atoms with Gasteiger partial charge in [-0.25, -0.2) is 4.98 Å². The summed E-state index contributed by atoms with van der Waals surface area (Å²) >= 11 is 0. The van der Waals surface area contributed by atoms with Crippen molar-refractivity contribution in [3.63, 3.8) is 0 Å². The highest BCUT2D eigenvalue weighted by molar-refractivity contribution is 5.67. The summed E-state index contributed by atoms with van der Waals surface area (Å²) in [5, 5.41) is 9.50. The van der Waals surface area contributed by atoms with Gasteiger partial charge in [-0.3, -0.25) is 4.98 Å². The Bertz CT molecular complexity index is 781. The number of nitrogens with zero attached hydrogens (tertiary/aromatic N) is 3. The lowest BCUT2D eigenvalue weighted by Crippen LogP contribution is -2.08. The molecule has 0 unspecified atom stereocenters. The maximum Gasteiger partial charge on any atom is 0.419 e. The zero-order valence-corrected chi connectivity index (χ0v) is 10.7. The molecule has 0 saturated heterocycles. The summed E-state index contributed by atoms with van der Waals surface area (Å²) in [6.07, 6.45) is -0.0109. The summed E-state index contributed by atoms with van der Waals surface area (Å²) in [7, 11) is 0. The second-order valence-corrected chi connectivity index (χ2v) is 4.42. The summed E-state index contributed by atoms with van der Waals surface area (Å²) < 4.78 is 40.4. The number of rotatable bonds is 2. The van der Waals surface area contributed by atoms with Crippen LogP contribution < -0.4 is 0 Å². The van der Waals surface area contributed by atoms with Crippen LogP contribution in [-0.4, -0.2) is 19.5 Å². The second-order valence-electron chi connectivity index (χ2n) is 4.42. The van der Waals surface area contributed by atoms with Crippen LogP contribution in [0.25, 0.3) is 16.9 Å². The minimum absolute atomic E-state index is 0.229. The van der Waals surface area contributed by atoms with Gasteiger partial charge in [-0.2, -0.15) is 13.2 Å². The summed E-state index contributed by atoms with van der Waals surface area (Å²) in [5.41, 5.74) is 0.0764. The zero-order valence-electron chi connectivity index (χ0n) is 10.7. The number of aliphatic hydroxyl groups is 1. The number of pyridine rings is 2. The highest BCUT2D eigenvalue weighted by Gasteiger charge is 2.34. The van der Waals surface area contributed by atoms with Crippen LogP contribution in [0.3, 0.4) is 0 Å². The van der Waals surface area contributed by atoms with Gasteiger partial charge in [-0.15, -0.1) is 0 Å². The van der Waals surface area contributed by atoms with Gasteiger partial charge < -0.3 is 9.51 Å². The van der Waals surface area contributed by atoms with Crippen LogP contribution in [0.2, 0.25) is 0 Å². The maximum atomic E-state index is 13.0. The smallest absolute Gasteiger partial charge is 0.390 e. The van der Waals surface area contributed by atoms with E-state index in [9.17, 15) is 18.3 Å². The molecule has 0 fully saturated rings. The number of fused-ring (bicyclic) bond motifs is 1. The van der Waals surface area contributed by atoms with Crippen LogP contribution in [-0.2, 0) is 12.8 Å². The average Bonchev–Trinajstić information content (AvgIpc) is 2.85. The monoisotopic (exact) mass is 293 g/mol. The van der Waals surface area contributed by atoms with E-state index in [0.29, 0.717) is 17.0 Å². The normalized spacial score (nSPS) is 12.0. The molecule has 7 heteroatoms. The van der Waals surface area contributed by atoms with Crippen molar-refractivity contribution >= 4 is 5.65 Å². The molecule has 0 aliphatic rings. The first-order valence-electron chi connectivity index (χ1n) is 6.11. The minimum Gasteiger partial charge on any atom is -0.390 e. The van der Waals surface area contributed by atoms with E-state index in [4.69, 9.17) is 0 Å². The van der Waals surface area contributed by atoms with Gasteiger partial charge in [-0.05, 0) is 24.3 Å². The third-order valence-corrected chi connectivity index (χ3v) is 3.14. The predicted octanol–water partition coefficient (Wildman–Crippen LogP) is 2.91. The molecule has 0 atom stereocenters. The van der Waals surface area contributed by atoms with E-state index in [1.54, 1.807) is 18.3 Å². The van der Waals surface area contributed by atoms with Crippen LogP contribution in [0.4, 0.5) is 13.2 Å². The summed E-state index contributed by atoms with van der Waals surface area (Å²) in [4.78, 5) is 7.99. The van der Waals surface area contributed by atoms with Crippen LogP contribution in [0.1, 0.15) is 11.3 Å². The number of aliphatic hydroxyl groups excluding tert-OH is 1. The van der Waals surface area contributed by atoms with Gasteiger partial charge in [0, 0.05) is 24.2 Å². The van der Waals surface area contributed by atoms with Crippen LogP contribution >= 0.6 is 0 Å². The quantitative estimate of drug-likeness (QED) is 0.790. The predicted molar refractivity (Wildman–Crippen MR) is 69.3 cm³/mol. The van der Waals surface area contributed by atoms with Crippen molar-refractivity contribution in [3.8, 4) is 11.3 Å². The summed E-state index contributed by atoms with van der Waals surface area (Å²) in [6, 6.07) is 5.59. The highest BCUT2D eigenvalue weighted by Crippen LogP contribution is 2.34. The number of imidazole rings is 1. The fraction of sp³-hybridized carbons (Fsp3) is 0.143. The lowest BCUT2D eigenvalue weighted by atomic mass is 10.2. The van der Waals surface area contributed by atoms with Crippen molar-refractivity contribution in [3.05, 3.63) is 54.1 Å². The molecule has 108 valence electrons. The van der Waals surface area contributed by atoms with E-state index in [-0.39, 0.29) is 5.65 Å². The maximum absolute atomic E-state index is 13.0.